The van der Waals surface area contributed by atoms with E-state index in [1.165, 1.54) is 0 Å². The Morgan fingerprint density at radius 2 is 2.00 bits per heavy atom. The maximum atomic E-state index is 9.47. The summed E-state index contributed by atoms with van der Waals surface area (Å²) in [5.41, 5.74) is 4.55. The number of hydrazone groups is 1. The summed E-state index contributed by atoms with van der Waals surface area (Å²) in [5, 5.41) is 20.2. The number of nitrogens with zero attached hydrogens (tertiary/aromatic N) is 3. The second-order valence-electron chi connectivity index (χ2n) is 5.78. The normalized spacial score (nSPS) is 17.7. The van der Waals surface area contributed by atoms with Gasteiger partial charge in [0.25, 0.3) is 0 Å². The van der Waals surface area contributed by atoms with Crippen molar-refractivity contribution >= 4 is 23.0 Å². The number of allylic oxidation sites excluding steroid dienone is 4. The van der Waals surface area contributed by atoms with Crippen molar-refractivity contribution in [2.24, 2.45) is 16.2 Å². The molecule has 3 rings (SSSR count). The summed E-state index contributed by atoms with van der Waals surface area (Å²) in [6, 6.07) is 7.62. The van der Waals surface area contributed by atoms with Crippen LogP contribution in [0.2, 0.25) is 5.02 Å². The molecular weight excluding hydrogens is 310 g/mol. The van der Waals surface area contributed by atoms with Crippen LogP contribution in [0.5, 0.6) is 0 Å². The van der Waals surface area contributed by atoms with Gasteiger partial charge in [-0.2, -0.15) is 5.10 Å². The second-order valence-corrected chi connectivity index (χ2v) is 6.22. The molecule has 2 aliphatic heterocycles. The molecule has 0 aliphatic carbocycles. The Morgan fingerprint density at radius 3 is 2.65 bits per heavy atom. The number of hydrogen-bond acceptors (Lipinski definition) is 4. The predicted molar refractivity (Wildman–Crippen MR) is 93.8 cm³/mol. The van der Waals surface area contributed by atoms with Gasteiger partial charge in [-0.15, -0.1) is 0 Å². The highest BCUT2D eigenvalue weighted by Gasteiger charge is 2.26. The quantitative estimate of drug-likeness (QED) is 0.502. The van der Waals surface area contributed by atoms with Crippen molar-refractivity contribution in [2.75, 3.05) is 0 Å². The van der Waals surface area contributed by atoms with Crippen LogP contribution in [-0.4, -0.2) is 21.6 Å². The molecule has 1 N–H and O–H groups in total. The summed E-state index contributed by atoms with van der Waals surface area (Å²) in [6.07, 6.45) is 8.40. The average Bonchev–Trinajstić information content (AvgIpc) is 2.55. The van der Waals surface area contributed by atoms with E-state index in [2.05, 4.69) is 5.16 Å². The first-order chi connectivity index (χ1) is 11.1. The van der Waals surface area contributed by atoms with Crippen molar-refractivity contribution in [3.8, 4) is 0 Å². The van der Waals surface area contributed by atoms with E-state index < -0.39 is 0 Å². The van der Waals surface area contributed by atoms with E-state index in [1.54, 1.807) is 0 Å². The molecule has 0 saturated heterocycles. The molecule has 0 unspecified atom stereocenters. The van der Waals surface area contributed by atoms with Crippen LogP contribution in [0.1, 0.15) is 25.8 Å². The molecule has 4 nitrogen and oxygen atoms in total. The number of hydrogen-bond donors (Lipinski definition) is 1. The SMILES string of the molecule is CC(C)C(=NO)C1=C2C=CC=CN2N=C(c2ccc(Cl)cc2)C1. The van der Waals surface area contributed by atoms with Gasteiger partial charge < -0.3 is 5.21 Å². The van der Waals surface area contributed by atoms with E-state index in [4.69, 9.17) is 16.7 Å². The molecule has 118 valence electrons. The molecule has 5 heteroatoms. The average molecular weight is 328 g/mol. The zero-order valence-electron chi connectivity index (χ0n) is 13.1. The van der Waals surface area contributed by atoms with E-state index >= 15 is 0 Å². The lowest BCUT2D eigenvalue weighted by Gasteiger charge is -2.29. The number of rotatable bonds is 3. The van der Waals surface area contributed by atoms with Crippen LogP contribution in [-0.2, 0) is 0 Å². The van der Waals surface area contributed by atoms with Crippen LogP contribution >= 0.6 is 11.6 Å². The minimum absolute atomic E-state index is 0.119. The smallest absolute Gasteiger partial charge is 0.0878 e. The fraction of sp³-hybridized carbons (Fsp3) is 0.222. The first kappa shape index (κ1) is 15.6. The largest absolute Gasteiger partial charge is 0.411 e. The van der Waals surface area contributed by atoms with Crippen LogP contribution in [0.25, 0.3) is 0 Å². The van der Waals surface area contributed by atoms with Gasteiger partial charge in [0, 0.05) is 23.2 Å². The molecule has 0 radical (unpaired) electrons. The third-order valence-electron chi connectivity index (χ3n) is 3.86. The van der Waals surface area contributed by atoms with Gasteiger partial charge in [-0.25, -0.2) is 5.01 Å². The zero-order valence-corrected chi connectivity index (χ0v) is 13.8. The predicted octanol–water partition coefficient (Wildman–Crippen LogP) is 4.57. The Labute approximate surface area is 140 Å². The van der Waals surface area contributed by atoms with Gasteiger partial charge in [0.2, 0.25) is 0 Å². The van der Waals surface area contributed by atoms with Crippen LogP contribution in [0.4, 0.5) is 0 Å². The topological polar surface area (TPSA) is 48.2 Å². The number of fused-ring (bicyclic) bond motifs is 1. The van der Waals surface area contributed by atoms with Gasteiger partial charge in [-0.1, -0.05) is 48.8 Å². The molecule has 0 bridgehead atoms. The van der Waals surface area contributed by atoms with Gasteiger partial charge in [-0.3, -0.25) is 0 Å². The zero-order chi connectivity index (χ0) is 16.4. The Bertz CT molecular complexity index is 755. The van der Waals surface area contributed by atoms with Crippen molar-refractivity contribution in [3.63, 3.8) is 0 Å². The summed E-state index contributed by atoms with van der Waals surface area (Å²) in [5.74, 6) is 0.119. The van der Waals surface area contributed by atoms with Crippen LogP contribution in [0, 0.1) is 5.92 Å². The molecule has 0 spiro atoms. The lowest BCUT2D eigenvalue weighted by Crippen LogP contribution is -2.27. The molecule has 1 aromatic rings. The monoisotopic (exact) mass is 327 g/mol. The molecule has 23 heavy (non-hydrogen) atoms. The molecular formula is C18H18ClN3O. The minimum Gasteiger partial charge on any atom is -0.411 e. The molecule has 0 aromatic heterocycles. The van der Waals surface area contributed by atoms with Gasteiger partial charge in [0.15, 0.2) is 0 Å². The summed E-state index contributed by atoms with van der Waals surface area (Å²) in [6.45, 7) is 4.03. The summed E-state index contributed by atoms with van der Waals surface area (Å²) in [7, 11) is 0. The maximum absolute atomic E-state index is 9.47. The summed E-state index contributed by atoms with van der Waals surface area (Å²) in [4.78, 5) is 0. The Balaban J connectivity index is 2.05. The highest BCUT2D eigenvalue weighted by atomic mass is 35.5. The Kier molecular flexibility index (Phi) is 4.35. The highest BCUT2D eigenvalue weighted by molar-refractivity contribution is 6.30. The van der Waals surface area contributed by atoms with Crippen molar-refractivity contribution < 1.29 is 5.21 Å². The molecule has 0 fully saturated rings. The summed E-state index contributed by atoms with van der Waals surface area (Å²) < 4.78 is 0. The first-order valence-electron chi connectivity index (χ1n) is 7.53. The third kappa shape index (κ3) is 3.08. The Morgan fingerprint density at radius 1 is 1.26 bits per heavy atom. The standard InChI is InChI=1S/C18H18ClN3O/c1-12(2)18(21-23)15-11-16(13-6-8-14(19)9-7-13)20-22-10-4-3-5-17(15)22/h3-10,12,23H,11H2,1-2H3. The molecule has 1 aromatic carbocycles. The lowest BCUT2D eigenvalue weighted by atomic mass is 9.90. The lowest BCUT2D eigenvalue weighted by molar-refractivity contribution is 0.315. The second kappa shape index (κ2) is 6.42. The van der Waals surface area contributed by atoms with Gasteiger partial charge in [0.05, 0.1) is 17.1 Å². The van der Waals surface area contributed by atoms with Crippen LogP contribution < -0.4 is 0 Å². The van der Waals surface area contributed by atoms with E-state index in [0.717, 1.165) is 22.5 Å². The van der Waals surface area contributed by atoms with Gasteiger partial charge in [-0.05, 0) is 35.8 Å². The van der Waals surface area contributed by atoms with Crippen molar-refractivity contribution in [1.82, 2.24) is 5.01 Å². The molecule has 0 amide bonds. The van der Waals surface area contributed by atoms with E-state index in [9.17, 15) is 5.21 Å². The number of benzene rings is 1. The van der Waals surface area contributed by atoms with Crippen molar-refractivity contribution in [2.45, 2.75) is 20.3 Å². The van der Waals surface area contributed by atoms with E-state index in [1.807, 2.05) is 67.5 Å². The molecule has 2 aliphatic rings. The minimum atomic E-state index is 0.119. The van der Waals surface area contributed by atoms with Crippen molar-refractivity contribution in [3.05, 3.63) is 70.5 Å². The van der Waals surface area contributed by atoms with Gasteiger partial charge in [0.1, 0.15) is 0 Å². The van der Waals surface area contributed by atoms with E-state index in [-0.39, 0.29) is 5.92 Å². The fourth-order valence-corrected chi connectivity index (χ4v) is 2.86. The van der Waals surface area contributed by atoms with E-state index in [0.29, 0.717) is 17.2 Å². The van der Waals surface area contributed by atoms with Crippen LogP contribution in [0.15, 0.2) is 70.2 Å². The number of halogens is 1. The maximum Gasteiger partial charge on any atom is 0.0878 e. The Hall–Kier alpha value is -2.33. The molecule has 0 atom stereocenters. The molecule has 0 saturated carbocycles. The number of oxime groups is 1. The first-order valence-corrected chi connectivity index (χ1v) is 7.91. The fourth-order valence-electron chi connectivity index (χ4n) is 2.73. The highest BCUT2D eigenvalue weighted by Crippen LogP contribution is 2.30. The molecule has 2 heterocycles. The van der Waals surface area contributed by atoms with Crippen LogP contribution in [0.3, 0.4) is 0 Å². The van der Waals surface area contributed by atoms with Gasteiger partial charge >= 0.3 is 0 Å². The van der Waals surface area contributed by atoms with Crippen molar-refractivity contribution in [1.29, 1.82) is 0 Å². The summed E-state index contributed by atoms with van der Waals surface area (Å²) >= 11 is 5.97. The third-order valence-corrected chi connectivity index (χ3v) is 4.11.